The van der Waals surface area contributed by atoms with Crippen LogP contribution in [0.25, 0.3) is 0 Å². The zero-order valence-electron chi connectivity index (χ0n) is 14.1. The average Bonchev–Trinajstić information content (AvgIpc) is 2.46. The first-order valence-corrected chi connectivity index (χ1v) is 10.1. The lowest BCUT2D eigenvalue weighted by Gasteiger charge is -2.29. The van der Waals surface area contributed by atoms with Gasteiger partial charge in [-0.05, 0) is 36.9 Å². The van der Waals surface area contributed by atoms with E-state index in [2.05, 4.69) is 44.7 Å². The Morgan fingerprint density at radius 1 is 1.00 bits per heavy atom. The van der Waals surface area contributed by atoms with Gasteiger partial charge in [0.05, 0.1) is 0 Å². The van der Waals surface area contributed by atoms with E-state index in [0.29, 0.717) is 0 Å². The molecule has 20 heavy (non-hydrogen) atoms. The van der Waals surface area contributed by atoms with E-state index in [1.54, 1.807) is 0 Å². The van der Waals surface area contributed by atoms with Crippen LogP contribution in [0.15, 0.2) is 12.2 Å². The second-order valence-corrected chi connectivity index (χ2v) is 7.94. The van der Waals surface area contributed by atoms with Crippen LogP contribution in [0.4, 0.5) is 0 Å². The van der Waals surface area contributed by atoms with Crippen LogP contribution in [-0.2, 0) is 0 Å². The van der Waals surface area contributed by atoms with Crippen LogP contribution >= 0.6 is 11.8 Å². The standard InChI is InChI=1S/C19H36S/c1-4-6-7-8-9-13-18-14-10-11-15-19(18)20-16-17(3)12-5-2/h10-11,17-19H,4-9,12-16H2,1-3H3. The maximum atomic E-state index is 2.43. The van der Waals surface area contributed by atoms with Crippen molar-refractivity contribution in [3.05, 3.63) is 12.2 Å². The smallest absolute Gasteiger partial charge is 0.0113 e. The highest BCUT2D eigenvalue weighted by Gasteiger charge is 2.22. The van der Waals surface area contributed by atoms with Gasteiger partial charge in [0.1, 0.15) is 0 Å². The van der Waals surface area contributed by atoms with Crippen LogP contribution in [0.2, 0.25) is 0 Å². The zero-order valence-corrected chi connectivity index (χ0v) is 14.9. The topological polar surface area (TPSA) is 0 Å². The van der Waals surface area contributed by atoms with E-state index in [1.165, 1.54) is 70.0 Å². The molecule has 118 valence electrons. The summed E-state index contributed by atoms with van der Waals surface area (Å²) in [5.41, 5.74) is 0. The van der Waals surface area contributed by atoms with Gasteiger partial charge >= 0.3 is 0 Å². The van der Waals surface area contributed by atoms with Crippen LogP contribution in [0, 0.1) is 11.8 Å². The molecule has 0 N–H and O–H groups in total. The van der Waals surface area contributed by atoms with Crippen LogP contribution in [0.5, 0.6) is 0 Å². The number of allylic oxidation sites excluding steroid dienone is 2. The Balaban J connectivity index is 2.22. The third kappa shape index (κ3) is 7.76. The van der Waals surface area contributed by atoms with Crippen LogP contribution < -0.4 is 0 Å². The predicted molar refractivity (Wildman–Crippen MR) is 95.6 cm³/mol. The molecule has 0 aromatic heterocycles. The Labute approximate surface area is 132 Å². The normalized spacial score (nSPS) is 23.9. The second kappa shape index (κ2) is 11.7. The fourth-order valence-electron chi connectivity index (χ4n) is 3.23. The van der Waals surface area contributed by atoms with Gasteiger partial charge in [-0.3, -0.25) is 0 Å². The number of unbranched alkanes of at least 4 members (excludes halogenated alkanes) is 4. The van der Waals surface area contributed by atoms with Crippen molar-refractivity contribution in [1.29, 1.82) is 0 Å². The summed E-state index contributed by atoms with van der Waals surface area (Å²) in [6.45, 7) is 7.04. The maximum Gasteiger partial charge on any atom is 0.0113 e. The van der Waals surface area contributed by atoms with Crippen molar-refractivity contribution < 1.29 is 0 Å². The number of thioether (sulfide) groups is 1. The highest BCUT2D eigenvalue weighted by atomic mass is 32.2. The Morgan fingerprint density at radius 3 is 2.50 bits per heavy atom. The molecule has 1 aliphatic rings. The first-order valence-electron chi connectivity index (χ1n) is 9.04. The first-order chi connectivity index (χ1) is 9.77. The molecule has 0 aromatic rings. The summed E-state index contributed by atoms with van der Waals surface area (Å²) in [6, 6.07) is 0. The maximum absolute atomic E-state index is 2.43. The lowest BCUT2D eigenvalue weighted by Crippen LogP contribution is -2.20. The molecular weight excluding hydrogens is 260 g/mol. The summed E-state index contributed by atoms with van der Waals surface area (Å²) in [4.78, 5) is 0. The summed E-state index contributed by atoms with van der Waals surface area (Å²) in [6.07, 6.45) is 18.9. The van der Waals surface area contributed by atoms with Crippen LogP contribution in [-0.4, -0.2) is 11.0 Å². The van der Waals surface area contributed by atoms with E-state index in [9.17, 15) is 0 Å². The largest absolute Gasteiger partial charge is 0.158 e. The molecule has 1 aliphatic carbocycles. The fourth-order valence-corrected chi connectivity index (χ4v) is 4.74. The SMILES string of the molecule is CCCCCCCC1CC=CCC1SCC(C)CCC. The van der Waals surface area contributed by atoms with Crippen molar-refractivity contribution in [2.45, 2.75) is 90.2 Å². The minimum Gasteiger partial charge on any atom is -0.158 e. The van der Waals surface area contributed by atoms with Gasteiger partial charge in [0.25, 0.3) is 0 Å². The van der Waals surface area contributed by atoms with E-state index < -0.39 is 0 Å². The average molecular weight is 297 g/mol. The summed E-state index contributed by atoms with van der Waals surface area (Å²) in [5, 5.41) is 0.908. The van der Waals surface area contributed by atoms with Gasteiger partial charge in [0, 0.05) is 5.25 Å². The number of hydrogen-bond acceptors (Lipinski definition) is 1. The fraction of sp³-hybridized carbons (Fsp3) is 0.895. The molecule has 0 bridgehead atoms. The van der Waals surface area contributed by atoms with E-state index in [0.717, 1.165) is 17.1 Å². The third-order valence-corrected chi connectivity index (χ3v) is 6.32. The molecule has 3 atom stereocenters. The van der Waals surface area contributed by atoms with Crippen molar-refractivity contribution in [3.63, 3.8) is 0 Å². The van der Waals surface area contributed by atoms with Crippen LogP contribution in [0.3, 0.4) is 0 Å². The molecule has 0 nitrogen and oxygen atoms in total. The Bertz CT molecular complexity index is 246. The number of hydrogen-bond donors (Lipinski definition) is 0. The Hall–Kier alpha value is 0.0900. The minimum absolute atomic E-state index is 0.904. The van der Waals surface area contributed by atoms with Gasteiger partial charge in [-0.25, -0.2) is 0 Å². The first kappa shape index (κ1) is 18.1. The molecule has 0 radical (unpaired) electrons. The molecule has 0 aliphatic heterocycles. The van der Waals surface area contributed by atoms with E-state index in [1.807, 2.05) is 0 Å². The second-order valence-electron chi connectivity index (χ2n) is 6.67. The lowest BCUT2D eigenvalue weighted by molar-refractivity contribution is 0.429. The Kier molecular flexibility index (Phi) is 10.6. The lowest BCUT2D eigenvalue weighted by atomic mass is 9.89. The van der Waals surface area contributed by atoms with E-state index in [-0.39, 0.29) is 0 Å². The number of rotatable bonds is 11. The summed E-state index contributed by atoms with van der Waals surface area (Å²) < 4.78 is 0. The molecule has 0 aromatic carbocycles. The van der Waals surface area contributed by atoms with Crippen molar-refractivity contribution in [2.24, 2.45) is 11.8 Å². The van der Waals surface area contributed by atoms with E-state index in [4.69, 9.17) is 0 Å². The van der Waals surface area contributed by atoms with Gasteiger partial charge in [-0.15, -0.1) is 0 Å². The van der Waals surface area contributed by atoms with Crippen molar-refractivity contribution >= 4 is 11.8 Å². The molecule has 1 rings (SSSR count). The van der Waals surface area contributed by atoms with Crippen molar-refractivity contribution in [1.82, 2.24) is 0 Å². The molecule has 0 fully saturated rings. The summed E-state index contributed by atoms with van der Waals surface area (Å²) in [5.74, 6) is 3.24. The van der Waals surface area contributed by atoms with Crippen molar-refractivity contribution in [3.8, 4) is 0 Å². The van der Waals surface area contributed by atoms with Gasteiger partial charge in [-0.1, -0.05) is 77.9 Å². The minimum atomic E-state index is 0.904. The molecular formula is C19H36S. The molecule has 0 spiro atoms. The monoisotopic (exact) mass is 296 g/mol. The quantitative estimate of drug-likeness (QED) is 0.297. The van der Waals surface area contributed by atoms with Gasteiger partial charge in [0.15, 0.2) is 0 Å². The van der Waals surface area contributed by atoms with E-state index >= 15 is 0 Å². The molecule has 0 heterocycles. The highest BCUT2D eigenvalue weighted by Crippen LogP contribution is 2.34. The zero-order chi connectivity index (χ0) is 14.6. The molecule has 1 heteroatoms. The molecule has 0 saturated carbocycles. The van der Waals surface area contributed by atoms with Gasteiger partial charge in [0.2, 0.25) is 0 Å². The molecule has 0 amide bonds. The predicted octanol–water partition coefficient (Wildman–Crippen LogP) is 6.85. The molecule has 3 unspecified atom stereocenters. The summed E-state index contributed by atoms with van der Waals surface area (Å²) in [7, 11) is 0. The van der Waals surface area contributed by atoms with Crippen molar-refractivity contribution in [2.75, 3.05) is 5.75 Å². The summed E-state index contributed by atoms with van der Waals surface area (Å²) >= 11 is 2.27. The van der Waals surface area contributed by atoms with Gasteiger partial charge < -0.3 is 0 Å². The highest BCUT2D eigenvalue weighted by molar-refractivity contribution is 7.99. The van der Waals surface area contributed by atoms with Crippen LogP contribution in [0.1, 0.15) is 85.0 Å². The third-order valence-electron chi connectivity index (χ3n) is 4.55. The molecule has 0 saturated heterocycles. The Morgan fingerprint density at radius 2 is 1.75 bits per heavy atom. The van der Waals surface area contributed by atoms with Gasteiger partial charge in [-0.2, -0.15) is 11.8 Å².